The third kappa shape index (κ3) is 4.63. The molecule has 1 unspecified atom stereocenters. The first-order valence-electron chi connectivity index (χ1n) is 9.23. The summed E-state index contributed by atoms with van der Waals surface area (Å²) in [7, 11) is 0. The average molecular weight is 397 g/mol. The smallest absolute Gasteiger partial charge is 0.326 e. The van der Waals surface area contributed by atoms with Gasteiger partial charge in [0.15, 0.2) is 5.69 Å². The first-order valence-corrected chi connectivity index (χ1v) is 9.23. The summed E-state index contributed by atoms with van der Waals surface area (Å²) in [4.78, 5) is 39.3. The predicted octanol–water partition coefficient (Wildman–Crippen LogP) is 1.78. The van der Waals surface area contributed by atoms with Crippen molar-refractivity contribution in [2.24, 2.45) is 5.92 Å². The Morgan fingerprint density at radius 3 is 2.69 bits per heavy atom. The third-order valence-corrected chi connectivity index (χ3v) is 4.40. The maximum Gasteiger partial charge on any atom is 0.326 e. The molecule has 9 nitrogen and oxygen atoms in total. The van der Waals surface area contributed by atoms with E-state index in [1.165, 1.54) is 0 Å². The number of nitrogens with zero attached hydrogens (tertiary/aromatic N) is 2. The zero-order chi connectivity index (χ0) is 21.1. The van der Waals surface area contributed by atoms with Crippen LogP contribution in [-0.2, 0) is 6.54 Å². The van der Waals surface area contributed by atoms with Crippen LogP contribution in [0.25, 0.3) is 11.1 Å². The predicted molar refractivity (Wildman–Crippen MR) is 108 cm³/mol. The third-order valence-electron chi connectivity index (χ3n) is 4.40. The highest BCUT2D eigenvalue weighted by molar-refractivity contribution is 5.94. The van der Waals surface area contributed by atoms with Crippen molar-refractivity contribution < 1.29 is 9.90 Å². The highest BCUT2D eigenvalue weighted by Crippen LogP contribution is 2.23. The van der Waals surface area contributed by atoms with Gasteiger partial charge in [-0.3, -0.25) is 24.2 Å². The summed E-state index contributed by atoms with van der Waals surface area (Å²) in [5.74, 6) is -1.11. The second-order valence-corrected chi connectivity index (χ2v) is 7.30. The molecule has 0 aliphatic rings. The normalized spacial score (nSPS) is 12.1. The molecule has 2 aromatic heterocycles. The van der Waals surface area contributed by atoms with Crippen LogP contribution in [0.4, 0.5) is 0 Å². The molecule has 0 fully saturated rings. The fourth-order valence-electron chi connectivity index (χ4n) is 2.97. The van der Waals surface area contributed by atoms with E-state index in [4.69, 9.17) is 0 Å². The number of H-pyrrole nitrogens is 2. The monoisotopic (exact) mass is 397 g/mol. The fraction of sp³-hybridized carbons (Fsp3) is 0.300. The van der Waals surface area contributed by atoms with Crippen LogP contribution in [0.1, 0.15) is 42.9 Å². The number of carbonyl (C=O) groups is 1. The van der Waals surface area contributed by atoms with Crippen molar-refractivity contribution in [2.45, 2.75) is 33.4 Å². The molecule has 1 aromatic carbocycles. The van der Waals surface area contributed by atoms with Gasteiger partial charge in [0.25, 0.3) is 11.5 Å². The Hall–Kier alpha value is -3.62. The van der Waals surface area contributed by atoms with E-state index in [0.29, 0.717) is 5.92 Å². The second kappa shape index (κ2) is 8.17. The lowest BCUT2D eigenvalue weighted by molar-refractivity contribution is 0.0931. The molecule has 9 heteroatoms. The zero-order valence-electron chi connectivity index (χ0n) is 16.4. The number of carbonyl (C=O) groups excluding carboxylic acids is 1. The van der Waals surface area contributed by atoms with Gasteiger partial charge in [-0.25, -0.2) is 4.79 Å². The summed E-state index contributed by atoms with van der Waals surface area (Å²) < 4.78 is 1.89. The zero-order valence-corrected chi connectivity index (χ0v) is 16.4. The van der Waals surface area contributed by atoms with Crippen molar-refractivity contribution in [3.63, 3.8) is 0 Å². The number of aromatic hydroxyl groups is 1. The Labute approximate surface area is 166 Å². The van der Waals surface area contributed by atoms with Crippen molar-refractivity contribution in [1.29, 1.82) is 0 Å². The van der Waals surface area contributed by atoms with E-state index in [-0.39, 0.29) is 0 Å². The summed E-state index contributed by atoms with van der Waals surface area (Å²) in [5.41, 5.74) is 0.363. The van der Waals surface area contributed by atoms with E-state index in [2.05, 4.69) is 29.2 Å². The Bertz CT molecular complexity index is 1140. The molecule has 1 atom stereocenters. The molecule has 4 N–H and O–H groups in total. The van der Waals surface area contributed by atoms with E-state index < -0.39 is 34.6 Å². The molecule has 0 aliphatic carbocycles. The van der Waals surface area contributed by atoms with Crippen LogP contribution in [0.15, 0.2) is 46.2 Å². The van der Waals surface area contributed by atoms with E-state index in [1.807, 2.05) is 40.1 Å². The largest absolute Gasteiger partial charge is 0.501 e. The summed E-state index contributed by atoms with van der Waals surface area (Å²) in [5, 5.41) is 16.8. The molecular weight excluding hydrogens is 374 g/mol. The molecule has 3 aromatic rings. The lowest BCUT2D eigenvalue weighted by Gasteiger charge is -2.15. The van der Waals surface area contributed by atoms with E-state index in [1.54, 1.807) is 13.1 Å². The topological polar surface area (TPSA) is 133 Å². The van der Waals surface area contributed by atoms with Gasteiger partial charge in [0, 0.05) is 18.3 Å². The van der Waals surface area contributed by atoms with Crippen LogP contribution in [-0.4, -0.2) is 30.8 Å². The van der Waals surface area contributed by atoms with Gasteiger partial charge in [-0.15, -0.1) is 0 Å². The molecule has 152 valence electrons. The van der Waals surface area contributed by atoms with Crippen molar-refractivity contribution in [3.8, 4) is 16.9 Å². The molecule has 0 saturated heterocycles. The Morgan fingerprint density at radius 2 is 1.97 bits per heavy atom. The number of hydrogen-bond donors (Lipinski definition) is 4. The van der Waals surface area contributed by atoms with Crippen LogP contribution in [0.3, 0.4) is 0 Å². The van der Waals surface area contributed by atoms with Crippen LogP contribution in [0.2, 0.25) is 0 Å². The minimum absolute atomic E-state index is 0.435. The molecule has 0 bridgehead atoms. The standard InChI is InChI=1S/C20H23N5O4/c1-11(2)9-25-10-15(8-21-25)14-6-4-5-13(7-14)12(3)22-18(27)16-17(26)19(28)24-20(29)23-16/h4-8,10-12,26H,9H2,1-3H3,(H,22,27)(H2,23,24,28,29). The van der Waals surface area contributed by atoms with Gasteiger partial charge in [0.2, 0.25) is 5.75 Å². The molecule has 0 spiro atoms. The average Bonchev–Trinajstić information content (AvgIpc) is 3.12. The summed E-state index contributed by atoms with van der Waals surface area (Å²) >= 11 is 0. The molecule has 1 amide bonds. The van der Waals surface area contributed by atoms with E-state index in [9.17, 15) is 19.5 Å². The maximum absolute atomic E-state index is 12.4. The first-order chi connectivity index (χ1) is 13.7. The lowest BCUT2D eigenvalue weighted by atomic mass is 10.0. The number of benzene rings is 1. The molecule has 0 aliphatic heterocycles. The van der Waals surface area contributed by atoms with Gasteiger partial charge < -0.3 is 10.4 Å². The van der Waals surface area contributed by atoms with Crippen molar-refractivity contribution in [1.82, 2.24) is 25.1 Å². The van der Waals surface area contributed by atoms with Gasteiger partial charge in [0.1, 0.15) is 0 Å². The lowest BCUT2D eigenvalue weighted by Crippen LogP contribution is -2.32. The number of hydrogen-bond acceptors (Lipinski definition) is 5. The number of aromatic amines is 2. The maximum atomic E-state index is 12.4. The quantitative estimate of drug-likeness (QED) is 0.503. The molecule has 0 radical (unpaired) electrons. The summed E-state index contributed by atoms with van der Waals surface area (Å²) in [6.07, 6.45) is 3.77. The number of aromatic nitrogens is 4. The van der Waals surface area contributed by atoms with Crippen LogP contribution < -0.4 is 16.6 Å². The molecule has 3 rings (SSSR count). The van der Waals surface area contributed by atoms with Gasteiger partial charge in [0.05, 0.1) is 12.2 Å². The SMILES string of the molecule is CC(C)Cn1cc(-c2cccc(C(C)NC(=O)c3[nH]c(=O)[nH]c(=O)c3O)c2)cn1. The highest BCUT2D eigenvalue weighted by atomic mass is 16.3. The number of rotatable bonds is 6. The van der Waals surface area contributed by atoms with Gasteiger partial charge in [-0.05, 0) is 30.0 Å². The molecule has 29 heavy (non-hydrogen) atoms. The molecule has 2 heterocycles. The minimum atomic E-state index is -1.02. The highest BCUT2D eigenvalue weighted by Gasteiger charge is 2.18. The molecule has 0 saturated carbocycles. The van der Waals surface area contributed by atoms with Gasteiger partial charge in [-0.2, -0.15) is 5.10 Å². The Kier molecular flexibility index (Phi) is 5.67. The minimum Gasteiger partial charge on any atom is -0.501 e. The number of amides is 1. The van der Waals surface area contributed by atoms with Gasteiger partial charge >= 0.3 is 5.69 Å². The summed E-state index contributed by atoms with van der Waals surface area (Å²) in [6.45, 7) is 6.83. The second-order valence-electron chi connectivity index (χ2n) is 7.30. The van der Waals surface area contributed by atoms with Gasteiger partial charge in [-0.1, -0.05) is 32.0 Å². The number of nitrogens with one attached hydrogen (secondary N) is 3. The fourth-order valence-corrected chi connectivity index (χ4v) is 2.97. The Morgan fingerprint density at radius 1 is 1.21 bits per heavy atom. The van der Waals surface area contributed by atoms with Crippen molar-refractivity contribution >= 4 is 5.91 Å². The molecular formula is C20H23N5O4. The first kappa shape index (κ1) is 20.1. The Balaban J connectivity index is 1.80. The van der Waals surface area contributed by atoms with Crippen LogP contribution in [0, 0.1) is 5.92 Å². The van der Waals surface area contributed by atoms with Crippen molar-refractivity contribution in [2.75, 3.05) is 0 Å². The van der Waals surface area contributed by atoms with E-state index in [0.717, 1.165) is 23.2 Å². The van der Waals surface area contributed by atoms with Crippen LogP contribution in [0.5, 0.6) is 5.75 Å². The van der Waals surface area contributed by atoms with Crippen molar-refractivity contribution in [3.05, 3.63) is 68.8 Å². The summed E-state index contributed by atoms with van der Waals surface area (Å²) in [6, 6.07) is 7.18. The van der Waals surface area contributed by atoms with Crippen LogP contribution >= 0.6 is 0 Å². The van der Waals surface area contributed by atoms with E-state index >= 15 is 0 Å².